The molecule has 0 aliphatic carbocycles. The number of pyridine rings is 1. The topological polar surface area (TPSA) is 71.0 Å². The summed E-state index contributed by atoms with van der Waals surface area (Å²) in [7, 11) is 10.3. The summed E-state index contributed by atoms with van der Waals surface area (Å²) in [5.41, 5.74) is 31.1. The van der Waals surface area contributed by atoms with Crippen molar-refractivity contribution in [3.8, 4) is 90.1 Å². The van der Waals surface area contributed by atoms with E-state index in [2.05, 4.69) is 312 Å². The van der Waals surface area contributed by atoms with Gasteiger partial charge in [-0.3, -0.25) is 0 Å². The summed E-state index contributed by atoms with van der Waals surface area (Å²) >= 11 is 0. The first-order valence-electron chi connectivity index (χ1n) is 33.5. The van der Waals surface area contributed by atoms with Crippen LogP contribution in [-0.2, 0) is 35.2 Å². The van der Waals surface area contributed by atoms with Crippen LogP contribution in [0.2, 0.25) is 0 Å². The molecule has 0 bridgehead atoms. The molecule has 9 heteroatoms. The number of aromatic nitrogens is 9. The third-order valence-corrected chi connectivity index (χ3v) is 18.3. The highest BCUT2D eigenvalue weighted by molar-refractivity contribution is 5.84. The third-order valence-electron chi connectivity index (χ3n) is 18.3. The van der Waals surface area contributed by atoms with E-state index in [-0.39, 0.29) is 0 Å². The molecule has 488 valence electrons. The summed E-state index contributed by atoms with van der Waals surface area (Å²) in [6.07, 6.45) is 15.9. The van der Waals surface area contributed by atoms with Gasteiger partial charge in [0.15, 0.2) is 24.3 Å². The summed E-state index contributed by atoms with van der Waals surface area (Å²) in [6.45, 7) is 23.8. The number of fused-ring (bicyclic) bond motifs is 1. The Morgan fingerprint density at radius 3 is 1.16 bits per heavy atom. The molecule has 14 aromatic rings. The summed E-state index contributed by atoms with van der Waals surface area (Å²) in [6, 6.07) is 76.2. The summed E-state index contributed by atoms with van der Waals surface area (Å²) < 4.78 is 10.5. The van der Waals surface area contributed by atoms with E-state index in [1.54, 1.807) is 0 Å². The van der Waals surface area contributed by atoms with Crippen LogP contribution in [0.5, 0.6) is 0 Å². The molecule has 9 aromatic carbocycles. The van der Waals surface area contributed by atoms with Crippen LogP contribution in [0, 0.1) is 76.2 Å². The van der Waals surface area contributed by atoms with Crippen LogP contribution in [0.15, 0.2) is 268 Å². The SMILES string of the molecule is Cc1cc(C)c(C)c(-c2cc(-c3ccccc3)nc[n+]2C)c1.Cc1cc(C)c(C)c(-c2cc3ccccc3c[n+]2C)c1.Cc1cc(C)c(C)c(-c2ncc(-c3ccccc3)c[n+]2C)c1.Cc1ccccc1-c1ccnc[n+]1C.Cc1ccccc1-c1ncc(-c2ccccc2)c[n+]1C. The molecule has 0 fully saturated rings. The second kappa shape index (κ2) is 32.0. The first kappa shape index (κ1) is 69.5. The maximum absolute atomic E-state index is 4.73. The molecule has 0 saturated heterocycles. The van der Waals surface area contributed by atoms with Gasteiger partial charge in [-0.2, -0.15) is 0 Å². The fraction of sp³-hybridized carbons (Fsp3) is 0.180. The van der Waals surface area contributed by atoms with Gasteiger partial charge < -0.3 is 0 Å². The second-order valence-electron chi connectivity index (χ2n) is 25.8. The van der Waals surface area contributed by atoms with Crippen LogP contribution in [0.4, 0.5) is 0 Å². The van der Waals surface area contributed by atoms with Crippen molar-refractivity contribution in [3.63, 3.8) is 0 Å². The molecule has 14 rings (SSSR count). The Hall–Kier alpha value is -11.3. The van der Waals surface area contributed by atoms with Crippen LogP contribution >= 0.6 is 0 Å². The van der Waals surface area contributed by atoms with Gasteiger partial charge in [-0.25, -0.2) is 22.8 Å². The lowest BCUT2D eigenvalue weighted by Gasteiger charge is -2.11. The van der Waals surface area contributed by atoms with Crippen molar-refractivity contribution in [2.24, 2.45) is 35.2 Å². The zero-order chi connectivity index (χ0) is 69.6. The number of hydrogen-bond donors (Lipinski definition) is 0. The zero-order valence-electron chi connectivity index (χ0n) is 59.9. The molecule has 5 aromatic heterocycles. The molecule has 5 heterocycles. The fourth-order valence-corrected chi connectivity index (χ4v) is 12.5. The normalized spacial score (nSPS) is 10.7. The Morgan fingerprint density at radius 2 is 0.673 bits per heavy atom. The van der Waals surface area contributed by atoms with E-state index in [4.69, 9.17) is 4.98 Å². The quantitative estimate of drug-likeness (QED) is 0.142. The Kier molecular flexibility index (Phi) is 22.7. The van der Waals surface area contributed by atoms with E-state index in [1.165, 1.54) is 128 Å². The maximum atomic E-state index is 4.73. The van der Waals surface area contributed by atoms with Gasteiger partial charge in [-0.15, -0.1) is 0 Å². The van der Waals surface area contributed by atoms with Gasteiger partial charge in [0, 0.05) is 45.8 Å². The summed E-state index contributed by atoms with van der Waals surface area (Å²) in [5.74, 6) is 1.99. The van der Waals surface area contributed by atoms with Gasteiger partial charge >= 0.3 is 11.6 Å². The maximum Gasteiger partial charge on any atom is 0.330 e. The highest BCUT2D eigenvalue weighted by Crippen LogP contribution is 2.31. The molecule has 0 saturated carbocycles. The predicted molar refractivity (Wildman–Crippen MR) is 402 cm³/mol. The highest BCUT2D eigenvalue weighted by atomic mass is 15.0. The first-order chi connectivity index (χ1) is 47.2. The van der Waals surface area contributed by atoms with Crippen molar-refractivity contribution in [1.29, 1.82) is 0 Å². The minimum Gasteiger partial charge on any atom is -0.233 e. The molecular formula is C89H92N9+5. The number of aryl methyl sites for hydroxylation is 13. The first-order valence-corrected chi connectivity index (χ1v) is 33.5. The van der Waals surface area contributed by atoms with E-state index in [0.717, 1.165) is 34.0 Å². The van der Waals surface area contributed by atoms with Gasteiger partial charge in [0.1, 0.15) is 37.0 Å². The van der Waals surface area contributed by atoms with Crippen LogP contribution in [0.3, 0.4) is 0 Å². The summed E-state index contributed by atoms with van der Waals surface area (Å²) in [5, 5.41) is 2.57. The third kappa shape index (κ3) is 16.8. The summed E-state index contributed by atoms with van der Waals surface area (Å²) in [4.78, 5) is 18.0. The van der Waals surface area contributed by atoms with E-state index in [1.807, 2.05) is 105 Å². The standard InChI is InChI=1S/2C20H21N2.C19H20N.C18H17N2.C12H13N2/c1-14-10-15(2)16(3)19(11-14)20-21-12-18(13-22(20)4)17-8-6-5-7-9-17;1-14-10-15(2)16(3)18(11-14)20-12-19(21-13-22(20)4)17-8-6-5-7-9-17;1-13-9-14(2)15(3)18(10-13)19-11-16-7-5-6-8-17(16)12-20(19)4;1-14-8-6-7-11-17(14)18-19-12-16(13-20(18)2)15-9-4-3-5-10-15;1-10-5-3-4-6-11(10)12-7-8-13-9-14(12)2/h2*5-13H,1-4H3;5-12H,1-4H3;3-13H,1-2H3;3-9H,1-2H3/q5*+1. The van der Waals surface area contributed by atoms with E-state index < -0.39 is 0 Å². The van der Waals surface area contributed by atoms with Gasteiger partial charge in [-0.05, 0) is 188 Å². The lowest BCUT2D eigenvalue weighted by molar-refractivity contribution is -0.663. The number of rotatable bonds is 8. The van der Waals surface area contributed by atoms with Gasteiger partial charge in [0.25, 0.3) is 12.7 Å². The lowest BCUT2D eigenvalue weighted by Crippen LogP contribution is -2.32. The van der Waals surface area contributed by atoms with Crippen molar-refractivity contribution in [1.82, 2.24) is 19.9 Å². The Labute approximate surface area is 581 Å². The van der Waals surface area contributed by atoms with Gasteiger partial charge in [0.05, 0.1) is 50.4 Å². The fourth-order valence-electron chi connectivity index (χ4n) is 12.5. The molecule has 0 spiro atoms. The Balaban J connectivity index is 0.000000134. The smallest absolute Gasteiger partial charge is 0.233 e. The average Bonchev–Trinajstić information content (AvgIpc) is 0.806. The van der Waals surface area contributed by atoms with E-state index in [0.29, 0.717) is 0 Å². The van der Waals surface area contributed by atoms with Gasteiger partial charge in [0.2, 0.25) is 5.69 Å². The number of nitrogens with zero attached hydrogens (tertiary/aromatic N) is 9. The molecule has 0 N–H and O–H groups in total. The predicted octanol–water partition coefficient (Wildman–Crippen LogP) is 18.0. The number of hydrogen-bond acceptors (Lipinski definition) is 4. The van der Waals surface area contributed by atoms with E-state index in [9.17, 15) is 0 Å². The molecule has 0 aliphatic heterocycles. The monoisotopic (exact) mass is 1290 g/mol. The van der Waals surface area contributed by atoms with E-state index >= 15 is 0 Å². The molecule has 0 atom stereocenters. The van der Waals surface area contributed by atoms with Crippen LogP contribution in [-0.4, -0.2) is 19.9 Å². The molecule has 0 unspecified atom stereocenters. The van der Waals surface area contributed by atoms with Gasteiger partial charge in [-0.1, -0.05) is 186 Å². The minimum absolute atomic E-state index is 0.989. The minimum atomic E-state index is 0.989. The van der Waals surface area contributed by atoms with Crippen molar-refractivity contribution < 1.29 is 22.8 Å². The van der Waals surface area contributed by atoms with Crippen molar-refractivity contribution in [2.75, 3.05) is 0 Å². The lowest BCUT2D eigenvalue weighted by atomic mass is 9.96. The van der Waals surface area contributed by atoms with Crippen molar-refractivity contribution in [3.05, 3.63) is 329 Å². The average molecular weight is 1290 g/mol. The number of benzene rings is 9. The van der Waals surface area contributed by atoms with Crippen LogP contribution in [0.25, 0.3) is 101 Å². The Bertz CT molecular complexity index is 5060. The van der Waals surface area contributed by atoms with Crippen molar-refractivity contribution in [2.45, 2.75) is 76.2 Å². The Morgan fingerprint density at radius 1 is 0.265 bits per heavy atom. The van der Waals surface area contributed by atoms with Crippen molar-refractivity contribution >= 4 is 10.8 Å². The zero-order valence-corrected chi connectivity index (χ0v) is 59.9. The second-order valence-corrected chi connectivity index (χ2v) is 25.8. The van der Waals surface area contributed by atoms with Crippen LogP contribution < -0.4 is 22.8 Å². The molecule has 0 radical (unpaired) electrons. The van der Waals surface area contributed by atoms with Crippen LogP contribution in [0.1, 0.15) is 61.2 Å². The molecule has 0 aliphatic rings. The molecule has 0 amide bonds. The molecule has 98 heavy (non-hydrogen) atoms. The largest absolute Gasteiger partial charge is 0.330 e. The molecule has 9 nitrogen and oxygen atoms in total. The highest BCUT2D eigenvalue weighted by Gasteiger charge is 2.21. The molecular weight excluding hydrogens is 1200 g/mol.